The second-order valence-electron chi connectivity index (χ2n) is 14.1. The maximum Gasteiger partial charge on any atom is 0.416 e. The van der Waals surface area contributed by atoms with Crippen LogP contribution in [0.2, 0.25) is 0 Å². The topological polar surface area (TPSA) is 70.5 Å². The fraction of sp³-hybridized carbons (Fsp3) is 0.0408. The quantitative estimate of drug-likeness (QED) is 0.167. The van der Waals surface area contributed by atoms with Gasteiger partial charge in [0.1, 0.15) is 0 Å². The van der Waals surface area contributed by atoms with Gasteiger partial charge in [-0.15, -0.1) is 0 Å². The molecule has 0 fully saturated rings. The number of benzene rings is 7. The van der Waals surface area contributed by atoms with Gasteiger partial charge in [0.2, 0.25) is 0 Å². The molecule has 0 N–H and O–H groups in total. The molecule has 0 saturated carbocycles. The molecule has 9 rings (SSSR count). The summed E-state index contributed by atoms with van der Waals surface area (Å²) in [4.78, 5) is 11.3. The third-order valence-electron chi connectivity index (χ3n) is 10.6. The first-order valence-corrected chi connectivity index (χ1v) is 18.1. The van der Waals surface area contributed by atoms with Crippen molar-refractivity contribution in [1.29, 1.82) is 10.5 Å². The molecule has 7 nitrogen and oxygen atoms in total. The average molecular weight is 768 g/mol. The molecule has 0 aliphatic heterocycles. The Morgan fingerprint density at radius 2 is 1.08 bits per heavy atom. The molecule has 2 aromatic heterocycles. The third kappa shape index (κ3) is 5.79. The van der Waals surface area contributed by atoms with Crippen molar-refractivity contribution in [2.75, 3.05) is 0 Å². The second kappa shape index (κ2) is 13.5. The predicted octanol–water partition coefficient (Wildman–Crippen LogP) is 13.9. The number of aromatic nitrogens is 2. The number of nitriles is 2. The highest BCUT2D eigenvalue weighted by Gasteiger charge is 2.31. The van der Waals surface area contributed by atoms with Crippen LogP contribution >= 0.6 is 0 Å². The Morgan fingerprint density at radius 3 is 1.61 bits per heavy atom. The van der Waals surface area contributed by atoms with E-state index in [1.807, 2.05) is 51.6 Å². The summed E-state index contributed by atoms with van der Waals surface area (Å²) < 4.78 is 46.6. The van der Waals surface area contributed by atoms with Crippen LogP contribution in [0.3, 0.4) is 0 Å². The van der Waals surface area contributed by atoms with Gasteiger partial charge in [-0.1, -0.05) is 36.4 Å². The molecule has 0 aliphatic carbocycles. The minimum Gasteiger partial charge on any atom is -0.310 e. The van der Waals surface area contributed by atoms with E-state index in [4.69, 9.17) is 19.7 Å². The van der Waals surface area contributed by atoms with Crippen molar-refractivity contribution in [3.05, 3.63) is 184 Å². The Bertz CT molecular complexity index is 3370. The van der Waals surface area contributed by atoms with E-state index in [0.717, 1.165) is 33.7 Å². The first-order chi connectivity index (χ1) is 28.5. The van der Waals surface area contributed by atoms with Crippen LogP contribution in [0.25, 0.3) is 91.8 Å². The highest BCUT2D eigenvalue weighted by atomic mass is 19.4. The summed E-state index contributed by atoms with van der Waals surface area (Å²) in [5.74, 6) is 0. The molecular weight excluding hydrogens is 744 g/mol. The maximum absolute atomic E-state index is 14.2. The highest BCUT2D eigenvalue weighted by molar-refractivity contribution is 6.13. The lowest BCUT2D eigenvalue weighted by Crippen LogP contribution is -2.05. The average Bonchev–Trinajstić information content (AvgIpc) is 3.76. The third-order valence-corrected chi connectivity index (χ3v) is 10.6. The number of rotatable bonds is 4. The lowest BCUT2D eigenvalue weighted by molar-refractivity contribution is -0.137. The Labute approximate surface area is 335 Å². The molecule has 0 radical (unpaired) electrons. The monoisotopic (exact) mass is 767 g/mol. The van der Waals surface area contributed by atoms with E-state index in [-0.39, 0.29) is 5.69 Å². The summed E-state index contributed by atoms with van der Waals surface area (Å²) in [6.07, 6.45) is -4.59. The van der Waals surface area contributed by atoms with Gasteiger partial charge in [-0.25, -0.2) is 14.5 Å². The van der Waals surface area contributed by atoms with Crippen LogP contribution in [0, 0.1) is 49.3 Å². The van der Waals surface area contributed by atoms with Gasteiger partial charge in [0.25, 0.3) is 0 Å². The molecule has 0 saturated heterocycles. The van der Waals surface area contributed by atoms with Gasteiger partial charge in [-0.05, 0) is 131 Å². The Morgan fingerprint density at radius 1 is 0.542 bits per heavy atom. The van der Waals surface area contributed by atoms with E-state index < -0.39 is 11.7 Å². The number of hydrogen-bond acceptors (Lipinski definition) is 2. The standard InChI is InChI=1S/C49H24F3N7/c1-28-18-32(22-33(19-28)49(50,51)52)31-10-15-46(58-42-13-8-29(26-53)20-36(42)38-24-34(55-2)11-16-44(38)58)40(23-31)48-41(57-4)6-5-7-47(48)59-43-14-9-30(27-54)21-37(43)39-25-35(56-3)12-17-45(39)59/h5-25H,1H3. The van der Waals surface area contributed by atoms with Crippen LogP contribution < -0.4 is 0 Å². The van der Waals surface area contributed by atoms with Crippen LogP contribution in [0.15, 0.2) is 127 Å². The molecule has 0 amide bonds. The number of hydrogen-bond donors (Lipinski definition) is 0. The van der Waals surface area contributed by atoms with Crippen LogP contribution in [-0.2, 0) is 6.18 Å². The summed E-state index contributed by atoms with van der Waals surface area (Å²) in [6, 6.07) is 40.3. The Kier molecular flexibility index (Phi) is 8.27. The van der Waals surface area contributed by atoms with Gasteiger partial charge < -0.3 is 9.13 Å². The number of fused-ring (bicyclic) bond motifs is 6. The van der Waals surface area contributed by atoms with Gasteiger partial charge >= 0.3 is 6.18 Å². The van der Waals surface area contributed by atoms with Gasteiger partial charge in [0.15, 0.2) is 17.1 Å². The maximum atomic E-state index is 14.2. The zero-order chi connectivity index (χ0) is 41.2. The molecule has 276 valence electrons. The molecule has 2 heterocycles. The van der Waals surface area contributed by atoms with Gasteiger partial charge in [0, 0.05) is 22.0 Å². The molecule has 9 aromatic rings. The first kappa shape index (κ1) is 36.0. The molecule has 0 aliphatic rings. The van der Waals surface area contributed by atoms with Crippen LogP contribution in [-0.4, -0.2) is 9.13 Å². The molecule has 0 atom stereocenters. The van der Waals surface area contributed by atoms with E-state index in [9.17, 15) is 23.7 Å². The van der Waals surface area contributed by atoms with Crippen LogP contribution in [0.1, 0.15) is 22.3 Å². The fourth-order valence-electron chi connectivity index (χ4n) is 8.13. The smallest absolute Gasteiger partial charge is 0.310 e. The van der Waals surface area contributed by atoms with Gasteiger partial charge in [-0.3, -0.25) is 0 Å². The SMILES string of the molecule is [C-]#[N+]c1ccc2c(c1)c1cc(C#N)ccc1n2-c1ccc(-c2cc(C)cc(C(F)(F)F)c2)cc1-c1c([N+]#[C-])cccc1-n1c2ccc(C#N)cc2c2cc([N+]#[C-])ccc21. The number of halogens is 3. The summed E-state index contributed by atoms with van der Waals surface area (Å²) >= 11 is 0. The Hall–Kier alpha value is -8.62. The van der Waals surface area contributed by atoms with Crippen LogP contribution in [0.5, 0.6) is 0 Å². The van der Waals surface area contributed by atoms with Crippen molar-refractivity contribution >= 4 is 60.7 Å². The first-order valence-electron chi connectivity index (χ1n) is 18.1. The number of nitrogens with zero attached hydrogens (tertiary/aromatic N) is 7. The van der Waals surface area contributed by atoms with Crippen molar-refractivity contribution < 1.29 is 13.2 Å². The van der Waals surface area contributed by atoms with E-state index in [1.165, 1.54) is 0 Å². The molecule has 0 unspecified atom stereocenters. The van der Waals surface area contributed by atoms with Crippen LogP contribution in [0.4, 0.5) is 30.2 Å². The number of aryl methyl sites for hydroxylation is 1. The molecular formula is C49H24F3N7. The van der Waals surface area contributed by atoms with E-state index >= 15 is 0 Å². The predicted molar refractivity (Wildman–Crippen MR) is 224 cm³/mol. The van der Waals surface area contributed by atoms with Crippen molar-refractivity contribution in [3.63, 3.8) is 0 Å². The van der Waals surface area contributed by atoms with Crippen molar-refractivity contribution in [3.8, 4) is 45.8 Å². The Balaban J connectivity index is 1.45. The van der Waals surface area contributed by atoms with Crippen molar-refractivity contribution in [1.82, 2.24) is 9.13 Å². The van der Waals surface area contributed by atoms with Crippen molar-refractivity contribution in [2.24, 2.45) is 0 Å². The van der Waals surface area contributed by atoms with E-state index in [2.05, 4.69) is 26.7 Å². The minimum atomic E-state index is -4.59. The largest absolute Gasteiger partial charge is 0.416 e. The fourth-order valence-corrected chi connectivity index (χ4v) is 8.13. The lowest BCUT2D eigenvalue weighted by Gasteiger charge is -2.21. The van der Waals surface area contributed by atoms with Gasteiger partial charge in [0.05, 0.1) is 76.3 Å². The highest BCUT2D eigenvalue weighted by Crippen LogP contribution is 2.47. The normalized spacial score (nSPS) is 11.3. The van der Waals surface area contributed by atoms with Gasteiger partial charge in [-0.2, -0.15) is 23.7 Å². The summed E-state index contributed by atoms with van der Waals surface area (Å²) in [5, 5.41) is 22.6. The molecule has 59 heavy (non-hydrogen) atoms. The zero-order valence-corrected chi connectivity index (χ0v) is 30.9. The molecule has 10 heteroatoms. The summed E-state index contributed by atoms with van der Waals surface area (Å²) in [7, 11) is 0. The molecule has 7 aromatic carbocycles. The second-order valence-corrected chi connectivity index (χ2v) is 14.1. The zero-order valence-electron chi connectivity index (χ0n) is 30.9. The van der Waals surface area contributed by atoms with E-state index in [1.54, 1.807) is 79.7 Å². The minimum absolute atomic E-state index is 0.269. The molecule has 0 bridgehead atoms. The summed E-state index contributed by atoms with van der Waals surface area (Å²) in [5.41, 5.74) is 7.43. The van der Waals surface area contributed by atoms with Crippen molar-refractivity contribution in [2.45, 2.75) is 13.1 Å². The number of alkyl halides is 3. The lowest BCUT2D eigenvalue weighted by atomic mass is 9.93. The molecule has 0 spiro atoms. The van der Waals surface area contributed by atoms with E-state index in [0.29, 0.717) is 83.8 Å². The summed E-state index contributed by atoms with van der Waals surface area (Å²) in [6.45, 7) is 25.5.